The Morgan fingerprint density at radius 3 is 2.06 bits per heavy atom. The number of anilines is 1. The third kappa shape index (κ3) is 3.19. The van der Waals surface area contributed by atoms with Crippen molar-refractivity contribution in [3.8, 4) is 17.2 Å². The molecule has 6 heteroatoms. The van der Waals surface area contributed by atoms with Gasteiger partial charge in [-0.05, 0) is 54.1 Å². The number of fused-ring (bicyclic) bond motifs is 1. The van der Waals surface area contributed by atoms with Crippen LogP contribution >= 0.6 is 0 Å². The van der Waals surface area contributed by atoms with Gasteiger partial charge in [-0.3, -0.25) is 9.69 Å². The number of carbonyl (C=O) groups excluding carboxylic acids is 1. The average molecular weight is 431 g/mol. The molecule has 32 heavy (non-hydrogen) atoms. The van der Waals surface area contributed by atoms with Crippen LogP contribution in [0.15, 0.2) is 72.8 Å². The first-order chi connectivity index (χ1) is 15.6. The maximum Gasteiger partial charge on any atom is 0.186 e. The molecule has 0 bridgehead atoms. The van der Waals surface area contributed by atoms with Gasteiger partial charge in [-0.25, -0.2) is 0 Å². The first-order valence-corrected chi connectivity index (χ1v) is 10.6. The highest BCUT2D eigenvalue weighted by Gasteiger charge is 2.72. The highest BCUT2D eigenvalue weighted by atomic mass is 16.5. The van der Waals surface area contributed by atoms with Crippen molar-refractivity contribution in [2.24, 2.45) is 0 Å². The first kappa shape index (κ1) is 20.4. The van der Waals surface area contributed by atoms with Gasteiger partial charge >= 0.3 is 0 Å². The van der Waals surface area contributed by atoms with E-state index in [1.54, 1.807) is 21.3 Å². The summed E-state index contributed by atoms with van der Waals surface area (Å²) < 4.78 is 16.2. The largest absolute Gasteiger partial charge is 0.497 e. The van der Waals surface area contributed by atoms with E-state index in [0.717, 1.165) is 28.5 Å². The van der Waals surface area contributed by atoms with Gasteiger partial charge in [0.05, 0.1) is 34.0 Å². The third-order valence-electron chi connectivity index (χ3n) is 6.52. The second kappa shape index (κ2) is 7.88. The van der Waals surface area contributed by atoms with Crippen LogP contribution in [0, 0.1) is 0 Å². The van der Waals surface area contributed by atoms with Crippen molar-refractivity contribution in [1.82, 2.24) is 4.90 Å². The van der Waals surface area contributed by atoms with E-state index in [4.69, 9.17) is 14.2 Å². The van der Waals surface area contributed by atoms with Gasteiger partial charge < -0.3 is 19.1 Å². The lowest BCUT2D eigenvalue weighted by molar-refractivity contribution is 0.0933. The van der Waals surface area contributed by atoms with E-state index in [-0.39, 0.29) is 11.8 Å². The highest BCUT2D eigenvalue weighted by Crippen LogP contribution is 2.59. The Morgan fingerprint density at radius 1 is 0.844 bits per heavy atom. The molecule has 0 spiro atoms. The van der Waals surface area contributed by atoms with E-state index in [0.29, 0.717) is 18.8 Å². The lowest BCUT2D eigenvalue weighted by Gasteiger charge is -2.24. The number of benzene rings is 3. The van der Waals surface area contributed by atoms with Crippen LogP contribution in [0.4, 0.5) is 5.69 Å². The molecule has 2 heterocycles. The highest BCUT2D eigenvalue weighted by molar-refractivity contribution is 6.07. The molecule has 1 unspecified atom stereocenters. The van der Waals surface area contributed by atoms with E-state index >= 15 is 0 Å². The van der Waals surface area contributed by atoms with Crippen molar-refractivity contribution in [2.75, 3.05) is 39.4 Å². The van der Waals surface area contributed by atoms with Crippen LogP contribution in [0.5, 0.6) is 17.2 Å². The van der Waals surface area contributed by atoms with Gasteiger partial charge in [-0.15, -0.1) is 0 Å². The monoisotopic (exact) mass is 430 g/mol. The zero-order valence-corrected chi connectivity index (χ0v) is 18.4. The van der Waals surface area contributed by atoms with Gasteiger partial charge in [0.1, 0.15) is 22.8 Å². The Kier molecular flexibility index (Phi) is 5.02. The zero-order valence-electron chi connectivity index (χ0n) is 18.4. The number of nitrogens with zero attached hydrogens (tertiary/aromatic N) is 2. The van der Waals surface area contributed by atoms with Gasteiger partial charge in [-0.2, -0.15) is 0 Å². The number of ether oxygens (including phenoxy) is 3. The topological polar surface area (TPSA) is 51.0 Å². The number of carbonyl (C=O) groups is 1. The number of methoxy groups -OCH3 is 3. The summed E-state index contributed by atoms with van der Waals surface area (Å²) in [5.74, 6) is 2.29. The summed E-state index contributed by atoms with van der Waals surface area (Å²) in [7, 11) is 4.91. The van der Waals surface area contributed by atoms with Gasteiger partial charge in [-0.1, -0.05) is 18.2 Å². The molecule has 3 aromatic carbocycles. The van der Waals surface area contributed by atoms with Crippen LogP contribution in [0.25, 0.3) is 0 Å². The Bertz CT molecular complexity index is 1110. The molecular formula is C26H26N2O4. The first-order valence-electron chi connectivity index (χ1n) is 10.6. The van der Waals surface area contributed by atoms with Crippen molar-refractivity contribution >= 4 is 11.5 Å². The molecule has 5 rings (SSSR count). The number of Topliss-reactive ketones (excluding diaryl/α,β-unsaturated/α-hetero) is 1. The third-order valence-corrected chi connectivity index (χ3v) is 6.52. The summed E-state index contributed by atoms with van der Waals surface area (Å²) in [5, 5.41) is 0. The predicted octanol–water partition coefficient (Wildman–Crippen LogP) is 4.17. The second-order valence-corrected chi connectivity index (χ2v) is 8.18. The van der Waals surface area contributed by atoms with E-state index in [9.17, 15) is 4.79 Å². The molecule has 0 saturated carbocycles. The molecule has 0 N–H and O–H groups in total. The maximum absolute atomic E-state index is 13.9. The van der Waals surface area contributed by atoms with Crippen LogP contribution in [0.1, 0.15) is 22.0 Å². The van der Waals surface area contributed by atoms with Crippen LogP contribution in [0.3, 0.4) is 0 Å². The fourth-order valence-corrected chi connectivity index (χ4v) is 4.87. The molecule has 3 aromatic rings. The molecule has 0 radical (unpaired) electrons. The van der Waals surface area contributed by atoms with Gasteiger partial charge in [0.15, 0.2) is 5.78 Å². The second-order valence-electron chi connectivity index (χ2n) is 8.18. The fraction of sp³-hybridized carbons (Fsp3) is 0.269. The molecule has 2 saturated heterocycles. The minimum Gasteiger partial charge on any atom is -0.497 e. The Hall–Kier alpha value is -3.51. The minimum atomic E-state index is -0.637. The zero-order chi connectivity index (χ0) is 22.3. The number of para-hydroxylation sites is 1. The van der Waals surface area contributed by atoms with Crippen LogP contribution in [-0.2, 0) is 0 Å². The van der Waals surface area contributed by atoms with Gasteiger partial charge in [0.2, 0.25) is 0 Å². The van der Waals surface area contributed by atoms with E-state index < -0.39 is 5.54 Å². The molecular weight excluding hydrogens is 404 g/mol. The van der Waals surface area contributed by atoms with Crippen molar-refractivity contribution in [2.45, 2.75) is 11.6 Å². The number of ketones is 1. The summed E-state index contributed by atoms with van der Waals surface area (Å²) in [4.78, 5) is 18.4. The smallest absolute Gasteiger partial charge is 0.186 e. The van der Waals surface area contributed by atoms with E-state index in [2.05, 4.69) is 21.9 Å². The molecule has 0 aromatic heterocycles. The van der Waals surface area contributed by atoms with Crippen molar-refractivity contribution in [3.63, 3.8) is 0 Å². The summed E-state index contributed by atoms with van der Waals surface area (Å²) in [6.07, 6.45) is 0. The number of hydrogen-bond acceptors (Lipinski definition) is 6. The molecule has 164 valence electrons. The molecule has 3 atom stereocenters. The van der Waals surface area contributed by atoms with Crippen LogP contribution < -0.4 is 19.1 Å². The number of rotatable bonds is 7. The molecule has 2 aliphatic heterocycles. The Labute approximate surface area is 187 Å². The Balaban J connectivity index is 1.53. The lowest BCUT2D eigenvalue weighted by Crippen LogP contribution is -2.35. The summed E-state index contributed by atoms with van der Waals surface area (Å²) in [6.45, 7) is 1.29. The van der Waals surface area contributed by atoms with E-state index in [1.165, 1.54) is 0 Å². The predicted molar refractivity (Wildman–Crippen MR) is 123 cm³/mol. The average Bonchev–Trinajstić information content (AvgIpc) is 3.32. The van der Waals surface area contributed by atoms with Gasteiger partial charge in [0.25, 0.3) is 0 Å². The molecule has 2 aliphatic rings. The quantitative estimate of drug-likeness (QED) is 0.414. The maximum atomic E-state index is 13.9. The van der Waals surface area contributed by atoms with Crippen molar-refractivity contribution in [1.29, 1.82) is 0 Å². The normalized spacial score (nSPS) is 23.4. The minimum absolute atomic E-state index is 0.0407. The van der Waals surface area contributed by atoms with Crippen LogP contribution in [-0.4, -0.2) is 50.8 Å². The molecule has 0 aliphatic carbocycles. The lowest BCUT2D eigenvalue weighted by atomic mass is 9.90. The molecule has 6 nitrogen and oxygen atoms in total. The van der Waals surface area contributed by atoms with Crippen LogP contribution in [0.2, 0.25) is 0 Å². The molecule has 0 amide bonds. The van der Waals surface area contributed by atoms with E-state index in [1.807, 2.05) is 60.7 Å². The summed E-state index contributed by atoms with van der Waals surface area (Å²) in [5.41, 5.74) is 2.18. The summed E-state index contributed by atoms with van der Waals surface area (Å²) >= 11 is 0. The Morgan fingerprint density at radius 2 is 1.47 bits per heavy atom. The van der Waals surface area contributed by atoms with Crippen molar-refractivity contribution < 1.29 is 19.0 Å². The standard InChI is InChI=1S/C26H26N2O4/c1-30-21-11-9-18(10-12-21)25(29)26-16-27(20-7-5-4-6-8-20)17-28(26)24(26)19-13-22(31-2)15-23(14-19)32-3/h4-15,24H,16-17H2,1-3H3/t24-,26-,28?/m0/s1. The number of hydrogen-bond donors (Lipinski definition) is 0. The SMILES string of the molecule is COc1ccc(C(=O)[C@@]23CN(c4ccccc4)CN2[C@H]3c2cc(OC)cc(OC)c2)cc1. The van der Waals surface area contributed by atoms with Crippen molar-refractivity contribution in [3.05, 3.63) is 83.9 Å². The molecule has 2 fully saturated rings. The van der Waals surface area contributed by atoms with Gasteiger partial charge in [0, 0.05) is 23.9 Å². The fourth-order valence-electron chi connectivity index (χ4n) is 4.87. The summed E-state index contributed by atoms with van der Waals surface area (Å²) in [6, 6.07) is 23.4.